The van der Waals surface area contributed by atoms with Gasteiger partial charge in [-0.1, -0.05) is 6.07 Å². The van der Waals surface area contributed by atoms with E-state index in [1.807, 2.05) is 12.1 Å². The summed E-state index contributed by atoms with van der Waals surface area (Å²) in [5, 5.41) is 2.67. The van der Waals surface area contributed by atoms with E-state index in [2.05, 4.69) is 14.7 Å². The minimum Gasteiger partial charge on any atom is -0.346 e. The van der Waals surface area contributed by atoms with Crippen molar-refractivity contribution in [2.24, 2.45) is 0 Å². The van der Waals surface area contributed by atoms with E-state index in [0.717, 1.165) is 16.6 Å². The highest BCUT2D eigenvalue weighted by Crippen LogP contribution is 2.18. The SMILES string of the molecule is O=S(=O)(NCc1ccnc2[nH]ccc12)c1cccs1. The van der Waals surface area contributed by atoms with Crippen LogP contribution in [0.25, 0.3) is 11.0 Å². The number of aromatic nitrogens is 2. The summed E-state index contributed by atoms with van der Waals surface area (Å²) in [6, 6.07) is 7.01. The molecule has 0 saturated heterocycles. The second-order valence-electron chi connectivity index (χ2n) is 3.97. The lowest BCUT2D eigenvalue weighted by Gasteiger charge is -2.05. The van der Waals surface area contributed by atoms with Gasteiger partial charge >= 0.3 is 0 Å². The molecule has 0 unspecified atom stereocenters. The van der Waals surface area contributed by atoms with E-state index in [1.165, 1.54) is 11.3 Å². The van der Waals surface area contributed by atoms with Crippen molar-refractivity contribution < 1.29 is 8.42 Å². The Morgan fingerprint density at radius 1 is 1.32 bits per heavy atom. The lowest BCUT2D eigenvalue weighted by atomic mass is 10.2. The fourth-order valence-corrected chi connectivity index (χ4v) is 3.88. The molecule has 0 amide bonds. The monoisotopic (exact) mass is 293 g/mol. The molecule has 7 heteroatoms. The van der Waals surface area contributed by atoms with Gasteiger partial charge in [-0.3, -0.25) is 0 Å². The highest BCUT2D eigenvalue weighted by Gasteiger charge is 2.15. The molecule has 2 N–H and O–H groups in total. The summed E-state index contributed by atoms with van der Waals surface area (Å²) in [6.07, 6.45) is 3.45. The molecule has 0 aromatic carbocycles. The molecule has 0 bridgehead atoms. The average Bonchev–Trinajstić information content (AvgIpc) is 3.07. The predicted molar refractivity (Wildman–Crippen MR) is 74.4 cm³/mol. The first kappa shape index (κ1) is 12.3. The number of rotatable bonds is 4. The predicted octanol–water partition coefficient (Wildman–Crippen LogP) is 2.10. The van der Waals surface area contributed by atoms with Crippen LogP contribution in [0.1, 0.15) is 5.56 Å². The number of nitrogens with zero attached hydrogens (tertiary/aromatic N) is 1. The highest BCUT2D eigenvalue weighted by atomic mass is 32.2. The van der Waals surface area contributed by atoms with E-state index < -0.39 is 10.0 Å². The summed E-state index contributed by atoms with van der Waals surface area (Å²) in [4.78, 5) is 7.16. The highest BCUT2D eigenvalue weighted by molar-refractivity contribution is 7.91. The van der Waals surface area contributed by atoms with E-state index >= 15 is 0 Å². The summed E-state index contributed by atoms with van der Waals surface area (Å²) in [7, 11) is -3.43. The number of hydrogen-bond donors (Lipinski definition) is 2. The van der Waals surface area contributed by atoms with Crippen LogP contribution in [0, 0.1) is 0 Å². The van der Waals surface area contributed by atoms with Crippen LogP contribution in [0.15, 0.2) is 46.2 Å². The molecule has 0 spiro atoms. The molecule has 0 aliphatic rings. The molecule has 3 aromatic rings. The van der Waals surface area contributed by atoms with Gasteiger partial charge in [-0.25, -0.2) is 18.1 Å². The van der Waals surface area contributed by atoms with Crippen LogP contribution in [0.5, 0.6) is 0 Å². The Morgan fingerprint density at radius 3 is 3.00 bits per heavy atom. The van der Waals surface area contributed by atoms with Crippen LogP contribution in [-0.4, -0.2) is 18.4 Å². The fraction of sp³-hybridized carbons (Fsp3) is 0.0833. The second kappa shape index (κ2) is 4.76. The van der Waals surface area contributed by atoms with Crippen molar-refractivity contribution in [2.45, 2.75) is 10.8 Å². The number of aromatic amines is 1. The van der Waals surface area contributed by atoms with Crippen LogP contribution in [0.3, 0.4) is 0 Å². The zero-order valence-corrected chi connectivity index (χ0v) is 11.5. The van der Waals surface area contributed by atoms with Gasteiger partial charge in [-0.2, -0.15) is 0 Å². The number of pyridine rings is 1. The second-order valence-corrected chi connectivity index (χ2v) is 6.91. The molecule has 0 atom stereocenters. The number of nitrogens with one attached hydrogen (secondary N) is 2. The largest absolute Gasteiger partial charge is 0.346 e. The minimum atomic E-state index is -3.43. The Bertz CT molecular complexity index is 791. The number of hydrogen-bond acceptors (Lipinski definition) is 4. The average molecular weight is 293 g/mol. The molecule has 3 rings (SSSR count). The van der Waals surface area contributed by atoms with E-state index in [9.17, 15) is 8.42 Å². The van der Waals surface area contributed by atoms with E-state index in [-0.39, 0.29) is 6.54 Å². The zero-order chi connectivity index (χ0) is 13.3. The Balaban J connectivity index is 1.85. The topological polar surface area (TPSA) is 74.8 Å². The first-order chi connectivity index (χ1) is 9.17. The van der Waals surface area contributed by atoms with Crippen LogP contribution < -0.4 is 4.72 Å². The molecule has 3 aromatic heterocycles. The van der Waals surface area contributed by atoms with E-state index in [0.29, 0.717) is 4.21 Å². The van der Waals surface area contributed by atoms with Gasteiger partial charge in [0.1, 0.15) is 9.86 Å². The summed E-state index contributed by atoms with van der Waals surface area (Å²) in [5.74, 6) is 0. The first-order valence-corrected chi connectivity index (χ1v) is 7.97. The van der Waals surface area contributed by atoms with Crippen molar-refractivity contribution in [3.63, 3.8) is 0 Å². The van der Waals surface area contributed by atoms with Gasteiger partial charge < -0.3 is 4.98 Å². The molecule has 0 aliphatic heterocycles. The molecule has 0 radical (unpaired) electrons. The first-order valence-electron chi connectivity index (χ1n) is 5.61. The number of sulfonamides is 1. The maximum Gasteiger partial charge on any atom is 0.250 e. The third-order valence-electron chi connectivity index (χ3n) is 2.76. The van der Waals surface area contributed by atoms with Crippen molar-refractivity contribution in [3.05, 3.63) is 47.6 Å². The van der Waals surface area contributed by atoms with Crippen molar-refractivity contribution in [2.75, 3.05) is 0 Å². The molecule has 0 aliphatic carbocycles. The van der Waals surface area contributed by atoms with Crippen molar-refractivity contribution >= 4 is 32.4 Å². The van der Waals surface area contributed by atoms with Gasteiger partial charge in [0.2, 0.25) is 10.0 Å². The molecular formula is C12H11N3O2S2. The van der Waals surface area contributed by atoms with Gasteiger partial charge in [0.25, 0.3) is 0 Å². The summed E-state index contributed by atoms with van der Waals surface area (Å²) < 4.78 is 27.0. The molecule has 0 fully saturated rings. The lowest BCUT2D eigenvalue weighted by Crippen LogP contribution is -2.22. The van der Waals surface area contributed by atoms with E-state index in [1.54, 1.807) is 29.9 Å². The fourth-order valence-electron chi connectivity index (χ4n) is 1.83. The van der Waals surface area contributed by atoms with Gasteiger partial charge in [0, 0.05) is 24.3 Å². The summed E-state index contributed by atoms with van der Waals surface area (Å²) in [6.45, 7) is 0.247. The molecule has 0 saturated carbocycles. The van der Waals surface area contributed by atoms with Gasteiger partial charge in [-0.15, -0.1) is 11.3 Å². The summed E-state index contributed by atoms with van der Waals surface area (Å²) in [5.41, 5.74) is 1.65. The van der Waals surface area contributed by atoms with Crippen LogP contribution in [0.4, 0.5) is 0 Å². The van der Waals surface area contributed by atoms with Crippen LogP contribution >= 0.6 is 11.3 Å². The molecule has 3 heterocycles. The van der Waals surface area contributed by atoms with Gasteiger partial charge in [0.05, 0.1) is 0 Å². The Labute approximate surface area is 114 Å². The standard InChI is InChI=1S/C12H11N3O2S2/c16-19(17,11-2-1-7-18-11)15-8-9-3-5-13-12-10(9)4-6-14-12/h1-7,15H,8H2,(H,13,14). The third kappa shape index (κ3) is 2.40. The number of H-pyrrole nitrogens is 1. The molecule has 19 heavy (non-hydrogen) atoms. The Morgan fingerprint density at radius 2 is 2.21 bits per heavy atom. The van der Waals surface area contributed by atoms with Crippen molar-refractivity contribution in [3.8, 4) is 0 Å². The van der Waals surface area contributed by atoms with Crippen molar-refractivity contribution in [1.82, 2.24) is 14.7 Å². The molecular weight excluding hydrogens is 282 g/mol. The lowest BCUT2D eigenvalue weighted by molar-refractivity contribution is 0.583. The molecule has 98 valence electrons. The Hall–Kier alpha value is -1.70. The van der Waals surface area contributed by atoms with Crippen LogP contribution in [0.2, 0.25) is 0 Å². The van der Waals surface area contributed by atoms with Crippen molar-refractivity contribution in [1.29, 1.82) is 0 Å². The number of thiophene rings is 1. The summed E-state index contributed by atoms with van der Waals surface area (Å²) >= 11 is 1.20. The maximum atomic E-state index is 12.0. The van der Waals surface area contributed by atoms with Crippen LogP contribution in [-0.2, 0) is 16.6 Å². The third-order valence-corrected chi connectivity index (χ3v) is 5.56. The molecule has 5 nitrogen and oxygen atoms in total. The smallest absolute Gasteiger partial charge is 0.250 e. The normalized spacial score (nSPS) is 12.0. The van der Waals surface area contributed by atoms with Gasteiger partial charge in [-0.05, 0) is 29.1 Å². The van der Waals surface area contributed by atoms with E-state index in [4.69, 9.17) is 0 Å². The zero-order valence-electron chi connectivity index (χ0n) is 9.83. The minimum absolute atomic E-state index is 0.247. The number of fused-ring (bicyclic) bond motifs is 1. The Kier molecular flexibility index (Phi) is 3.09. The quantitative estimate of drug-likeness (QED) is 0.773. The maximum absolute atomic E-state index is 12.0. The van der Waals surface area contributed by atoms with Gasteiger partial charge in [0.15, 0.2) is 0 Å².